The minimum atomic E-state index is -0.0147. The van der Waals surface area contributed by atoms with Gasteiger partial charge in [0.25, 0.3) is 5.91 Å². The first-order valence-electron chi connectivity index (χ1n) is 10.3. The van der Waals surface area contributed by atoms with E-state index in [9.17, 15) is 4.79 Å². The molecule has 6 nitrogen and oxygen atoms in total. The first-order chi connectivity index (χ1) is 13.6. The number of hydrogen-bond donors (Lipinski definition) is 0. The van der Waals surface area contributed by atoms with E-state index in [1.807, 2.05) is 18.0 Å². The van der Waals surface area contributed by atoms with Crippen molar-refractivity contribution in [3.8, 4) is 0 Å². The van der Waals surface area contributed by atoms with Crippen LogP contribution in [0.4, 0.5) is 0 Å². The molecule has 2 aliphatic rings. The molecule has 2 saturated heterocycles. The maximum Gasteiger partial charge on any atom is 0.274 e. The Morgan fingerprint density at radius 2 is 1.71 bits per heavy atom. The molecular weight excluding hydrogens is 350 g/mol. The van der Waals surface area contributed by atoms with Crippen LogP contribution in [0.2, 0.25) is 0 Å². The SMILES string of the molecule is Cc1ccc(C2(CN3CCCC3)CCN(C(=O)c3cnc(C)cn3)CC2)nc1. The zero-order chi connectivity index (χ0) is 19.6. The van der Waals surface area contributed by atoms with Gasteiger partial charge in [-0.3, -0.25) is 14.8 Å². The summed E-state index contributed by atoms with van der Waals surface area (Å²) in [5, 5.41) is 0. The van der Waals surface area contributed by atoms with E-state index in [2.05, 4.69) is 33.9 Å². The Labute approximate surface area is 167 Å². The average molecular weight is 380 g/mol. The van der Waals surface area contributed by atoms with Crippen LogP contribution in [0.5, 0.6) is 0 Å². The van der Waals surface area contributed by atoms with E-state index < -0.39 is 0 Å². The number of nitrogens with zero attached hydrogens (tertiary/aromatic N) is 5. The summed E-state index contributed by atoms with van der Waals surface area (Å²) < 4.78 is 0. The summed E-state index contributed by atoms with van der Waals surface area (Å²) in [5.41, 5.74) is 3.64. The van der Waals surface area contributed by atoms with Crippen molar-refractivity contribution in [2.75, 3.05) is 32.7 Å². The summed E-state index contributed by atoms with van der Waals surface area (Å²) >= 11 is 0. The van der Waals surface area contributed by atoms with Crippen LogP contribution in [0.25, 0.3) is 0 Å². The van der Waals surface area contributed by atoms with Crippen LogP contribution in [-0.2, 0) is 5.41 Å². The molecular formula is C22H29N5O. The van der Waals surface area contributed by atoms with Gasteiger partial charge in [-0.15, -0.1) is 0 Å². The van der Waals surface area contributed by atoms with E-state index >= 15 is 0 Å². The van der Waals surface area contributed by atoms with E-state index in [-0.39, 0.29) is 11.3 Å². The van der Waals surface area contributed by atoms with Crippen LogP contribution >= 0.6 is 0 Å². The summed E-state index contributed by atoms with van der Waals surface area (Å²) in [6, 6.07) is 4.35. The molecule has 4 heterocycles. The fourth-order valence-corrected chi connectivity index (χ4v) is 4.45. The molecule has 0 N–H and O–H groups in total. The monoisotopic (exact) mass is 379 g/mol. The van der Waals surface area contributed by atoms with Gasteiger partial charge in [-0.2, -0.15) is 0 Å². The molecule has 0 atom stereocenters. The third kappa shape index (κ3) is 3.92. The average Bonchev–Trinajstić information content (AvgIpc) is 3.22. The minimum absolute atomic E-state index is 0.0147. The Morgan fingerprint density at radius 1 is 0.964 bits per heavy atom. The van der Waals surface area contributed by atoms with Gasteiger partial charge >= 0.3 is 0 Å². The van der Waals surface area contributed by atoms with Crippen molar-refractivity contribution in [2.45, 2.75) is 44.9 Å². The van der Waals surface area contributed by atoms with Gasteiger partial charge in [0.1, 0.15) is 5.69 Å². The predicted molar refractivity (Wildman–Crippen MR) is 108 cm³/mol. The lowest BCUT2D eigenvalue weighted by atomic mass is 9.74. The number of hydrogen-bond acceptors (Lipinski definition) is 5. The molecule has 0 bridgehead atoms. The molecule has 0 unspecified atom stereocenters. The molecule has 2 aromatic heterocycles. The Hall–Kier alpha value is -2.34. The first kappa shape index (κ1) is 19.0. The fraction of sp³-hybridized carbons (Fsp3) is 0.545. The van der Waals surface area contributed by atoms with Gasteiger partial charge in [0.05, 0.1) is 11.9 Å². The van der Waals surface area contributed by atoms with E-state index in [0.29, 0.717) is 5.69 Å². The van der Waals surface area contributed by atoms with E-state index in [1.54, 1.807) is 12.4 Å². The molecule has 0 aliphatic carbocycles. The Kier molecular flexibility index (Phi) is 5.40. The molecule has 4 rings (SSSR count). The van der Waals surface area contributed by atoms with Crippen LogP contribution in [0.15, 0.2) is 30.7 Å². The number of carbonyl (C=O) groups excluding carboxylic acids is 1. The summed E-state index contributed by atoms with van der Waals surface area (Å²) in [6.07, 6.45) is 9.66. The maximum absolute atomic E-state index is 12.8. The third-order valence-corrected chi connectivity index (χ3v) is 6.19. The van der Waals surface area contributed by atoms with Crippen LogP contribution in [-0.4, -0.2) is 63.4 Å². The lowest BCUT2D eigenvalue weighted by molar-refractivity contribution is 0.0624. The van der Waals surface area contributed by atoms with E-state index in [0.717, 1.165) is 38.2 Å². The molecule has 2 aliphatic heterocycles. The maximum atomic E-state index is 12.8. The van der Waals surface area contributed by atoms with Crippen molar-refractivity contribution in [3.05, 3.63) is 53.4 Å². The van der Waals surface area contributed by atoms with Crippen LogP contribution < -0.4 is 0 Å². The zero-order valence-electron chi connectivity index (χ0n) is 16.9. The molecule has 0 aromatic carbocycles. The molecule has 28 heavy (non-hydrogen) atoms. The molecule has 1 amide bonds. The van der Waals surface area contributed by atoms with Gasteiger partial charge in [-0.25, -0.2) is 4.98 Å². The van der Waals surface area contributed by atoms with Gasteiger partial charge in [0.2, 0.25) is 0 Å². The number of likely N-dealkylation sites (tertiary alicyclic amines) is 2. The standard InChI is InChI=1S/C22H29N5O/c1-17-5-6-20(25-13-17)22(16-26-9-3-4-10-26)7-11-27(12-8-22)21(28)19-15-23-18(2)14-24-19/h5-6,13-15H,3-4,7-12,16H2,1-2H3. The number of aromatic nitrogens is 3. The van der Waals surface area contributed by atoms with Crippen LogP contribution in [0.3, 0.4) is 0 Å². The van der Waals surface area contributed by atoms with E-state index in [1.165, 1.54) is 37.2 Å². The number of piperidine rings is 1. The third-order valence-electron chi connectivity index (χ3n) is 6.19. The van der Waals surface area contributed by atoms with E-state index in [4.69, 9.17) is 4.98 Å². The fourth-order valence-electron chi connectivity index (χ4n) is 4.45. The van der Waals surface area contributed by atoms with Crippen molar-refractivity contribution >= 4 is 5.91 Å². The van der Waals surface area contributed by atoms with Crippen molar-refractivity contribution in [2.24, 2.45) is 0 Å². The van der Waals surface area contributed by atoms with Crippen LogP contribution in [0, 0.1) is 13.8 Å². The first-order valence-corrected chi connectivity index (χ1v) is 10.3. The van der Waals surface area contributed by atoms with Crippen molar-refractivity contribution in [1.29, 1.82) is 0 Å². The molecule has 2 fully saturated rings. The van der Waals surface area contributed by atoms with Crippen molar-refractivity contribution in [3.63, 3.8) is 0 Å². The highest BCUT2D eigenvalue weighted by Crippen LogP contribution is 2.36. The molecule has 0 saturated carbocycles. The quantitative estimate of drug-likeness (QED) is 0.817. The normalized spacial score (nSPS) is 19.7. The van der Waals surface area contributed by atoms with Gasteiger partial charge in [0.15, 0.2) is 0 Å². The summed E-state index contributed by atoms with van der Waals surface area (Å²) in [7, 11) is 0. The second-order valence-electron chi connectivity index (χ2n) is 8.32. The largest absolute Gasteiger partial charge is 0.337 e. The number of pyridine rings is 1. The molecule has 2 aromatic rings. The lowest BCUT2D eigenvalue weighted by Gasteiger charge is -2.43. The highest BCUT2D eigenvalue weighted by atomic mass is 16.2. The second-order valence-corrected chi connectivity index (χ2v) is 8.32. The smallest absolute Gasteiger partial charge is 0.274 e. The number of carbonyl (C=O) groups is 1. The van der Waals surface area contributed by atoms with Gasteiger partial charge in [0, 0.05) is 43.1 Å². The van der Waals surface area contributed by atoms with Crippen LogP contribution in [0.1, 0.15) is 53.1 Å². The van der Waals surface area contributed by atoms with Crippen molar-refractivity contribution in [1.82, 2.24) is 24.8 Å². The van der Waals surface area contributed by atoms with Gasteiger partial charge < -0.3 is 9.80 Å². The molecule has 148 valence electrons. The Morgan fingerprint density at radius 3 is 2.32 bits per heavy atom. The highest BCUT2D eigenvalue weighted by Gasteiger charge is 2.40. The molecule has 0 radical (unpaired) electrons. The number of amides is 1. The highest BCUT2D eigenvalue weighted by molar-refractivity contribution is 5.92. The Bertz CT molecular complexity index is 804. The summed E-state index contributed by atoms with van der Waals surface area (Å²) in [6.45, 7) is 8.81. The molecule has 6 heteroatoms. The summed E-state index contributed by atoms with van der Waals surface area (Å²) in [5.74, 6) is -0.0147. The lowest BCUT2D eigenvalue weighted by Crippen LogP contribution is -2.50. The Balaban J connectivity index is 1.51. The number of rotatable bonds is 4. The predicted octanol–water partition coefficient (Wildman–Crippen LogP) is 2.76. The minimum Gasteiger partial charge on any atom is -0.337 e. The van der Waals surface area contributed by atoms with Crippen molar-refractivity contribution < 1.29 is 4.79 Å². The van der Waals surface area contributed by atoms with Gasteiger partial charge in [-0.05, 0) is 64.3 Å². The zero-order valence-corrected chi connectivity index (χ0v) is 16.9. The number of aryl methyl sites for hydroxylation is 2. The molecule has 0 spiro atoms. The summed E-state index contributed by atoms with van der Waals surface area (Å²) in [4.78, 5) is 30.6. The van der Waals surface area contributed by atoms with Gasteiger partial charge in [-0.1, -0.05) is 6.07 Å². The topological polar surface area (TPSA) is 62.2 Å². The second kappa shape index (κ2) is 7.95.